The fraction of sp³-hybridized carbons (Fsp3) is 0.538. The van der Waals surface area contributed by atoms with Crippen LogP contribution in [0.3, 0.4) is 0 Å². The number of unbranched alkanes of at least 4 members (excludes halogenated alkanes) is 1. The Labute approximate surface area is 91.9 Å². The standard InChI is InChI=1S/C13H20O2/c1-3-4-7-12-8-5-6-9-13(12)15-10-11(2)14/h5-6,8-9,11,14H,3-4,7,10H2,1-2H3. The molecule has 0 amide bonds. The lowest BCUT2D eigenvalue weighted by atomic mass is 10.1. The van der Waals surface area contributed by atoms with Crippen molar-refractivity contribution in [2.75, 3.05) is 6.61 Å². The molecule has 0 saturated carbocycles. The summed E-state index contributed by atoms with van der Waals surface area (Å²) in [6.45, 7) is 4.27. The van der Waals surface area contributed by atoms with E-state index >= 15 is 0 Å². The van der Waals surface area contributed by atoms with Crippen molar-refractivity contribution >= 4 is 0 Å². The molecule has 0 bridgehead atoms. The quantitative estimate of drug-likeness (QED) is 0.779. The third kappa shape index (κ3) is 4.34. The maximum atomic E-state index is 9.16. The van der Waals surface area contributed by atoms with Gasteiger partial charge in [-0.15, -0.1) is 0 Å². The van der Waals surface area contributed by atoms with Gasteiger partial charge in [0.25, 0.3) is 0 Å². The highest BCUT2D eigenvalue weighted by Gasteiger charge is 2.03. The van der Waals surface area contributed by atoms with E-state index in [1.54, 1.807) is 6.92 Å². The van der Waals surface area contributed by atoms with Crippen LogP contribution in [0.15, 0.2) is 24.3 Å². The van der Waals surface area contributed by atoms with Crippen LogP contribution in [0.25, 0.3) is 0 Å². The van der Waals surface area contributed by atoms with Crippen LogP contribution in [0.5, 0.6) is 5.75 Å². The van der Waals surface area contributed by atoms with Crippen LogP contribution in [0.4, 0.5) is 0 Å². The number of ether oxygens (including phenoxy) is 1. The summed E-state index contributed by atoms with van der Waals surface area (Å²) in [6, 6.07) is 8.05. The molecule has 1 rings (SSSR count). The smallest absolute Gasteiger partial charge is 0.122 e. The van der Waals surface area contributed by atoms with Gasteiger partial charge in [0, 0.05) is 0 Å². The molecule has 2 nitrogen and oxygen atoms in total. The van der Waals surface area contributed by atoms with E-state index in [0.29, 0.717) is 6.61 Å². The molecule has 0 spiro atoms. The van der Waals surface area contributed by atoms with Crippen LogP contribution in [0.1, 0.15) is 32.3 Å². The number of hydrogen-bond acceptors (Lipinski definition) is 2. The fourth-order valence-electron chi connectivity index (χ4n) is 1.43. The molecule has 0 saturated heterocycles. The van der Waals surface area contributed by atoms with Gasteiger partial charge >= 0.3 is 0 Å². The van der Waals surface area contributed by atoms with Gasteiger partial charge in [0.2, 0.25) is 0 Å². The van der Waals surface area contributed by atoms with Gasteiger partial charge < -0.3 is 9.84 Å². The number of hydrogen-bond donors (Lipinski definition) is 1. The van der Waals surface area contributed by atoms with E-state index < -0.39 is 6.10 Å². The summed E-state index contributed by atoms with van der Waals surface area (Å²) in [6.07, 6.45) is 3.00. The first-order valence-electron chi connectivity index (χ1n) is 5.62. The van der Waals surface area contributed by atoms with E-state index in [-0.39, 0.29) is 0 Å². The zero-order valence-electron chi connectivity index (χ0n) is 9.57. The minimum Gasteiger partial charge on any atom is -0.491 e. The zero-order chi connectivity index (χ0) is 11.1. The van der Waals surface area contributed by atoms with Crippen molar-refractivity contribution < 1.29 is 9.84 Å². The van der Waals surface area contributed by atoms with E-state index in [2.05, 4.69) is 13.0 Å². The lowest BCUT2D eigenvalue weighted by Crippen LogP contribution is -2.13. The molecule has 84 valence electrons. The third-order valence-corrected chi connectivity index (χ3v) is 2.25. The molecular formula is C13H20O2. The summed E-state index contributed by atoms with van der Waals surface area (Å²) in [5.74, 6) is 0.909. The van der Waals surface area contributed by atoms with Crippen molar-refractivity contribution in [3.05, 3.63) is 29.8 Å². The number of aliphatic hydroxyl groups is 1. The molecule has 1 aromatic rings. The van der Waals surface area contributed by atoms with Crippen molar-refractivity contribution in [2.45, 2.75) is 39.2 Å². The van der Waals surface area contributed by atoms with Gasteiger partial charge in [-0.3, -0.25) is 0 Å². The van der Waals surface area contributed by atoms with Crippen molar-refractivity contribution in [1.29, 1.82) is 0 Å². The van der Waals surface area contributed by atoms with Crippen LogP contribution < -0.4 is 4.74 Å². The van der Waals surface area contributed by atoms with Gasteiger partial charge in [0.15, 0.2) is 0 Å². The Morgan fingerprint density at radius 1 is 1.33 bits per heavy atom. The normalized spacial score (nSPS) is 12.5. The highest BCUT2D eigenvalue weighted by molar-refractivity contribution is 5.33. The largest absolute Gasteiger partial charge is 0.491 e. The van der Waals surface area contributed by atoms with E-state index in [1.165, 1.54) is 18.4 Å². The van der Waals surface area contributed by atoms with Gasteiger partial charge in [-0.2, -0.15) is 0 Å². The monoisotopic (exact) mass is 208 g/mol. The highest BCUT2D eigenvalue weighted by Crippen LogP contribution is 2.20. The summed E-state index contributed by atoms with van der Waals surface area (Å²) in [7, 11) is 0. The third-order valence-electron chi connectivity index (χ3n) is 2.25. The first-order valence-corrected chi connectivity index (χ1v) is 5.62. The van der Waals surface area contributed by atoms with Crippen molar-refractivity contribution in [3.8, 4) is 5.75 Å². The van der Waals surface area contributed by atoms with E-state index in [4.69, 9.17) is 9.84 Å². The first-order chi connectivity index (χ1) is 7.24. The molecule has 0 aromatic heterocycles. The molecule has 0 aliphatic carbocycles. The molecule has 0 heterocycles. The Morgan fingerprint density at radius 2 is 2.07 bits per heavy atom. The van der Waals surface area contributed by atoms with Crippen LogP contribution in [-0.2, 0) is 6.42 Å². The number of para-hydroxylation sites is 1. The molecule has 1 aromatic carbocycles. The van der Waals surface area contributed by atoms with E-state index in [0.717, 1.165) is 12.2 Å². The summed E-state index contributed by atoms with van der Waals surface area (Å²) < 4.78 is 5.55. The van der Waals surface area contributed by atoms with E-state index in [9.17, 15) is 0 Å². The Balaban J connectivity index is 2.59. The van der Waals surface area contributed by atoms with Crippen molar-refractivity contribution in [2.24, 2.45) is 0 Å². The second-order valence-corrected chi connectivity index (χ2v) is 3.87. The molecule has 2 heteroatoms. The first kappa shape index (κ1) is 12.1. The Kier molecular flexibility index (Phi) is 5.19. The maximum Gasteiger partial charge on any atom is 0.122 e. The number of benzene rings is 1. The number of aryl methyl sites for hydroxylation is 1. The lowest BCUT2D eigenvalue weighted by Gasteiger charge is -2.12. The van der Waals surface area contributed by atoms with Crippen molar-refractivity contribution in [3.63, 3.8) is 0 Å². The molecule has 1 atom stereocenters. The second kappa shape index (κ2) is 6.46. The maximum absolute atomic E-state index is 9.16. The predicted octanol–water partition coefficient (Wildman–Crippen LogP) is 2.79. The fourth-order valence-corrected chi connectivity index (χ4v) is 1.43. The van der Waals surface area contributed by atoms with Gasteiger partial charge in [-0.1, -0.05) is 31.5 Å². The molecule has 15 heavy (non-hydrogen) atoms. The Bertz CT molecular complexity index is 282. The van der Waals surface area contributed by atoms with Crippen LogP contribution in [0, 0.1) is 0 Å². The molecular weight excluding hydrogens is 188 g/mol. The minimum atomic E-state index is -0.413. The highest BCUT2D eigenvalue weighted by atomic mass is 16.5. The number of rotatable bonds is 6. The minimum absolute atomic E-state index is 0.364. The average Bonchev–Trinajstić information content (AvgIpc) is 2.24. The molecule has 0 aliphatic heterocycles. The van der Waals surface area contributed by atoms with Crippen LogP contribution in [-0.4, -0.2) is 17.8 Å². The van der Waals surface area contributed by atoms with Gasteiger partial charge in [0.05, 0.1) is 6.10 Å². The molecule has 0 aliphatic rings. The lowest BCUT2D eigenvalue weighted by molar-refractivity contribution is 0.122. The zero-order valence-corrected chi connectivity index (χ0v) is 9.57. The van der Waals surface area contributed by atoms with Crippen LogP contribution in [0.2, 0.25) is 0 Å². The Morgan fingerprint density at radius 3 is 2.73 bits per heavy atom. The molecule has 1 unspecified atom stereocenters. The van der Waals surface area contributed by atoms with Gasteiger partial charge in [-0.25, -0.2) is 0 Å². The molecule has 0 fully saturated rings. The summed E-state index contributed by atoms with van der Waals surface area (Å²) >= 11 is 0. The number of aliphatic hydroxyl groups excluding tert-OH is 1. The van der Waals surface area contributed by atoms with E-state index in [1.807, 2.05) is 18.2 Å². The summed E-state index contributed by atoms with van der Waals surface area (Å²) in [5.41, 5.74) is 1.24. The predicted molar refractivity (Wildman–Crippen MR) is 62.2 cm³/mol. The molecule has 0 radical (unpaired) electrons. The topological polar surface area (TPSA) is 29.5 Å². The van der Waals surface area contributed by atoms with Gasteiger partial charge in [-0.05, 0) is 31.4 Å². The van der Waals surface area contributed by atoms with Crippen LogP contribution >= 0.6 is 0 Å². The molecule has 1 N–H and O–H groups in total. The second-order valence-electron chi connectivity index (χ2n) is 3.87. The van der Waals surface area contributed by atoms with Crippen molar-refractivity contribution in [1.82, 2.24) is 0 Å². The summed E-state index contributed by atoms with van der Waals surface area (Å²) in [5, 5.41) is 9.16. The SMILES string of the molecule is CCCCc1ccccc1OCC(C)O. The average molecular weight is 208 g/mol. The Hall–Kier alpha value is -1.02. The van der Waals surface area contributed by atoms with Gasteiger partial charge in [0.1, 0.15) is 12.4 Å². The summed E-state index contributed by atoms with van der Waals surface area (Å²) in [4.78, 5) is 0.